The van der Waals surface area contributed by atoms with Gasteiger partial charge in [-0.3, -0.25) is 24.1 Å². The Labute approximate surface area is 201 Å². The van der Waals surface area contributed by atoms with Crippen molar-refractivity contribution in [1.82, 2.24) is 0 Å². The number of fused-ring (bicyclic) bond motifs is 5. The summed E-state index contributed by atoms with van der Waals surface area (Å²) >= 11 is 0. The Morgan fingerprint density at radius 3 is 2.23 bits per heavy atom. The first-order valence-electron chi connectivity index (χ1n) is 11.5. The molecule has 3 aliphatic rings. The number of ether oxygens (including phenoxy) is 1. The lowest BCUT2D eigenvalue weighted by atomic mass is 9.82. The first kappa shape index (κ1) is 22.7. The number of imide groups is 1. The number of carbonyl (C=O) groups excluding carboxylic acids is 5. The molecule has 2 aromatic rings. The third kappa shape index (κ3) is 3.95. The van der Waals surface area contributed by atoms with Gasteiger partial charge in [-0.25, -0.2) is 4.79 Å². The largest absolute Gasteiger partial charge is 0.452 e. The lowest BCUT2D eigenvalue weighted by molar-refractivity contribution is -0.123. The van der Waals surface area contributed by atoms with Gasteiger partial charge in [-0.2, -0.15) is 0 Å². The molecule has 35 heavy (non-hydrogen) atoms. The molecule has 8 heteroatoms. The lowest BCUT2D eigenvalue weighted by Crippen LogP contribution is -2.33. The van der Waals surface area contributed by atoms with E-state index in [-0.39, 0.29) is 46.8 Å². The Hall–Kier alpha value is -4.07. The molecule has 0 unspecified atom stereocenters. The molecule has 2 aromatic carbocycles. The fourth-order valence-electron chi connectivity index (χ4n) is 5.48. The van der Waals surface area contributed by atoms with Gasteiger partial charge in [-0.15, -0.1) is 0 Å². The average molecular weight is 472 g/mol. The Morgan fingerprint density at radius 1 is 0.943 bits per heavy atom. The number of nitrogens with one attached hydrogen (secondary N) is 1. The van der Waals surface area contributed by atoms with E-state index in [1.54, 1.807) is 36.4 Å². The van der Waals surface area contributed by atoms with E-state index in [0.717, 1.165) is 6.42 Å². The van der Waals surface area contributed by atoms with Crippen LogP contribution in [0.15, 0.2) is 60.2 Å². The van der Waals surface area contributed by atoms with Crippen LogP contribution in [0.2, 0.25) is 0 Å². The number of esters is 1. The van der Waals surface area contributed by atoms with Gasteiger partial charge < -0.3 is 10.1 Å². The molecule has 1 aliphatic heterocycles. The molecule has 1 saturated heterocycles. The van der Waals surface area contributed by atoms with Crippen LogP contribution in [0, 0.1) is 23.7 Å². The molecular weight excluding hydrogens is 448 g/mol. The summed E-state index contributed by atoms with van der Waals surface area (Å²) < 4.78 is 5.08. The summed E-state index contributed by atoms with van der Waals surface area (Å²) in [5, 5.41) is 2.59. The predicted octanol–water partition coefficient (Wildman–Crippen LogP) is 3.39. The summed E-state index contributed by atoms with van der Waals surface area (Å²) in [5.74, 6) is -1.99. The van der Waals surface area contributed by atoms with Gasteiger partial charge in [0.1, 0.15) is 0 Å². The quantitative estimate of drug-likeness (QED) is 0.299. The zero-order valence-electron chi connectivity index (χ0n) is 19.3. The second-order valence-corrected chi connectivity index (χ2v) is 9.28. The number of anilines is 2. The molecule has 5 rings (SSSR count). The van der Waals surface area contributed by atoms with Crippen molar-refractivity contribution in [3.05, 3.63) is 71.3 Å². The fraction of sp³-hybridized carbons (Fsp3) is 0.296. The second kappa shape index (κ2) is 8.61. The molecule has 178 valence electrons. The van der Waals surface area contributed by atoms with E-state index < -0.39 is 18.5 Å². The summed E-state index contributed by atoms with van der Waals surface area (Å²) in [7, 11) is 0. The molecule has 0 radical (unpaired) electrons. The molecule has 1 heterocycles. The predicted molar refractivity (Wildman–Crippen MR) is 127 cm³/mol. The van der Waals surface area contributed by atoms with Crippen LogP contribution < -0.4 is 10.2 Å². The standard InChI is InChI=1S/C27H24N2O6/c1-14-11-18-12-21(14)24-23(18)25(32)29(26(24)33)20-9-5-17(6-10-20)27(34)35-13-22(31)28-19-7-3-16(4-8-19)15(2)30/h3-11,18,21,23-24H,12-13H2,1-2H3,(H,28,31)/t18-,21+,23+,24-/m0/s1. The van der Waals surface area contributed by atoms with Crippen LogP contribution >= 0.6 is 0 Å². The van der Waals surface area contributed by atoms with Gasteiger partial charge in [0.2, 0.25) is 11.8 Å². The molecule has 3 amide bonds. The van der Waals surface area contributed by atoms with Crippen molar-refractivity contribution in [2.45, 2.75) is 20.3 Å². The van der Waals surface area contributed by atoms with E-state index in [2.05, 4.69) is 11.4 Å². The summed E-state index contributed by atoms with van der Waals surface area (Å²) in [4.78, 5) is 63.1. The van der Waals surface area contributed by atoms with E-state index in [0.29, 0.717) is 16.9 Å². The average Bonchev–Trinajstić information content (AvgIpc) is 3.48. The molecule has 1 saturated carbocycles. The van der Waals surface area contributed by atoms with Crippen LogP contribution in [0.4, 0.5) is 11.4 Å². The first-order chi connectivity index (χ1) is 16.7. The number of hydrogen-bond acceptors (Lipinski definition) is 6. The van der Waals surface area contributed by atoms with E-state index in [9.17, 15) is 24.0 Å². The molecule has 0 spiro atoms. The maximum Gasteiger partial charge on any atom is 0.338 e. The highest BCUT2D eigenvalue weighted by atomic mass is 16.5. The second-order valence-electron chi connectivity index (χ2n) is 9.28. The summed E-state index contributed by atoms with van der Waals surface area (Å²) in [5.41, 5.74) is 2.81. The number of ketones is 1. The maximum atomic E-state index is 13.1. The monoisotopic (exact) mass is 472 g/mol. The van der Waals surface area contributed by atoms with E-state index in [1.165, 1.54) is 29.5 Å². The smallest absolute Gasteiger partial charge is 0.338 e. The van der Waals surface area contributed by atoms with Gasteiger partial charge in [0, 0.05) is 11.3 Å². The highest BCUT2D eigenvalue weighted by molar-refractivity contribution is 6.23. The molecule has 1 N–H and O–H groups in total. The van der Waals surface area contributed by atoms with E-state index >= 15 is 0 Å². The first-order valence-corrected chi connectivity index (χ1v) is 11.5. The summed E-state index contributed by atoms with van der Waals surface area (Å²) in [6.07, 6.45) is 2.99. The minimum absolute atomic E-state index is 0.0802. The molecular formula is C27H24N2O6. The molecule has 0 aromatic heterocycles. The van der Waals surface area contributed by atoms with Crippen molar-refractivity contribution in [3.63, 3.8) is 0 Å². The highest BCUT2D eigenvalue weighted by Gasteiger charge is 2.60. The zero-order valence-corrected chi connectivity index (χ0v) is 19.3. The van der Waals surface area contributed by atoms with Crippen LogP contribution in [0.1, 0.15) is 41.0 Å². The summed E-state index contributed by atoms with van der Waals surface area (Å²) in [6, 6.07) is 12.4. The number of amides is 3. The molecule has 2 bridgehead atoms. The maximum absolute atomic E-state index is 13.1. The zero-order chi connectivity index (χ0) is 24.9. The number of Topliss-reactive ketones (excluding diaryl/α,β-unsaturated/α-hetero) is 1. The number of nitrogens with zero attached hydrogens (tertiary/aromatic N) is 1. The van der Waals surface area contributed by atoms with Gasteiger partial charge >= 0.3 is 5.97 Å². The van der Waals surface area contributed by atoms with Crippen molar-refractivity contribution in [2.24, 2.45) is 23.7 Å². The van der Waals surface area contributed by atoms with Crippen molar-refractivity contribution in [1.29, 1.82) is 0 Å². The third-order valence-electron chi connectivity index (χ3n) is 7.15. The van der Waals surface area contributed by atoms with Crippen molar-refractivity contribution in [2.75, 3.05) is 16.8 Å². The lowest BCUT2D eigenvalue weighted by Gasteiger charge is -2.19. The number of benzene rings is 2. The Bertz CT molecular complexity index is 1280. The van der Waals surface area contributed by atoms with Crippen LogP contribution in [0.5, 0.6) is 0 Å². The fourth-order valence-corrected chi connectivity index (χ4v) is 5.48. The van der Waals surface area contributed by atoms with Gasteiger partial charge in [-0.05, 0) is 80.6 Å². The van der Waals surface area contributed by atoms with E-state index in [1.807, 2.05) is 6.92 Å². The summed E-state index contributed by atoms with van der Waals surface area (Å²) in [6.45, 7) is 2.98. The van der Waals surface area contributed by atoms with Gasteiger partial charge in [-0.1, -0.05) is 11.6 Å². The van der Waals surface area contributed by atoms with Crippen molar-refractivity contribution < 1.29 is 28.7 Å². The van der Waals surface area contributed by atoms with Crippen molar-refractivity contribution >= 4 is 40.8 Å². The molecule has 2 aliphatic carbocycles. The number of carbonyl (C=O) groups is 5. The van der Waals surface area contributed by atoms with Gasteiger partial charge in [0.15, 0.2) is 12.4 Å². The van der Waals surface area contributed by atoms with Gasteiger partial charge in [0.25, 0.3) is 5.91 Å². The Morgan fingerprint density at radius 2 is 1.57 bits per heavy atom. The topological polar surface area (TPSA) is 110 Å². The Balaban J connectivity index is 1.18. The van der Waals surface area contributed by atoms with E-state index in [4.69, 9.17) is 4.74 Å². The highest BCUT2D eigenvalue weighted by Crippen LogP contribution is 2.55. The Kier molecular flexibility index (Phi) is 5.59. The third-order valence-corrected chi connectivity index (χ3v) is 7.15. The van der Waals surface area contributed by atoms with Crippen molar-refractivity contribution in [3.8, 4) is 0 Å². The normalized spacial score (nSPS) is 24.3. The number of hydrogen-bond donors (Lipinski definition) is 1. The van der Waals surface area contributed by atoms with Gasteiger partial charge in [0.05, 0.1) is 23.1 Å². The molecule has 8 nitrogen and oxygen atoms in total. The SMILES string of the molecule is CC(=O)c1ccc(NC(=O)COC(=O)c2ccc(N3C(=O)[C@@H]4[C@H](C3=O)[C@H]3C=C(C)[C@H]4C3)cc2)cc1. The number of allylic oxidation sites excluding steroid dienone is 2. The van der Waals surface area contributed by atoms with Crippen LogP contribution in [0.3, 0.4) is 0 Å². The number of rotatable bonds is 6. The minimum Gasteiger partial charge on any atom is -0.452 e. The van der Waals surface area contributed by atoms with Crippen LogP contribution in [-0.2, 0) is 19.1 Å². The minimum atomic E-state index is -0.701. The van der Waals surface area contributed by atoms with Crippen LogP contribution in [0.25, 0.3) is 0 Å². The molecule has 4 atom stereocenters. The molecule has 2 fully saturated rings. The van der Waals surface area contributed by atoms with Crippen LogP contribution in [-0.4, -0.2) is 36.1 Å².